The van der Waals surface area contributed by atoms with Crippen LogP contribution in [0.4, 0.5) is 17.1 Å². The van der Waals surface area contributed by atoms with Crippen LogP contribution in [0.5, 0.6) is 0 Å². The maximum Gasteiger partial charge on any atom is 0.276 e. The summed E-state index contributed by atoms with van der Waals surface area (Å²) >= 11 is 0. The topological polar surface area (TPSA) is 114 Å². The number of nitrogens with zero attached hydrogens (tertiary/aromatic N) is 3. The summed E-state index contributed by atoms with van der Waals surface area (Å²) in [7, 11) is 1.56. The predicted octanol–water partition coefficient (Wildman–Crippen LogP) is 1.55. The lowest BCUT2D eigenvalue weighted by molar-refractivity contribution is -0.384. The molecule has 0 unspecified atom stereocenters. The molecule has 0 fully saturated rings. The van der Waals surface area contributed by atoms with Crippen molar-refractivity contribution in [3.05, 3.63) is 58.4 Å². The second kappa shape index (κ2) is 5.97. The molecular formula is C13H13N5O3. The van der Waals surface area contributed by atoms with E-state index in [-0.39, 0.29) is 17.3 Å². The summed E-state index contributed by atoms with van der Waals surface area (Å²) in [6.07, 6.45) is 1.46. The minimum atomic E-state index is -0.496. The Kier molecular flexibility index (Phi) is 4.10. The molecule has 1 aromatic heterocycles. The van der Waals surface area contributed by atoms with Crippen LogP contribution in [0.2, 0.25) is 0 Å². The number of aromatic nitrogens is 1. The molecule has 0 aliphatic heterocycles. The third-order valence-corrected chi connectivity index (χ3v) is 2.90. The lowest BCUT2D eigenvalue weighted by Gasteiger charge is -2.16. The van der Waals surface area contributed by atoms with Crippen LogP contribution < -0.4 is 16.2 Å². The highest BCUT2D eigenvalue weighted by molar-refractivity contribution is 6.04. The smallest absolute Gasteiger partial charge is 0.276 e. The van der Waals surface area contributed by atoms with E-state index < -0.39 is 4.92 Å². The molecule has 8 nitrogen and oxygen atoms in total. The zero-order chi connectivity index (χ0) is 15.4. The van der Waals surface area contributed by atoms with Crippen molar-refractivity contribution >= 4 is 23.0 Å². The van der Waals surface area contributed by atoms with Crippen molar-refractivity contribution < 1.29 is 9.72 Å². The van der Waals surface area contributed by atoms with Gasteiger partial charge in [0.2, 0.25) is 0 Å². The van der Waals surface area contributed by atoms with Crippen LogP contribution in [0.3, 0.4) is 0 Å². The Morgan fingerprint density at radius 1 is 1.33 bits per heavy atom. The molecule has 1 amide bonds. The maximum atomic E-state index is 12.3. The van der Waals surface area contributed by atoms with Gasteiger partial charge in [0, 0.05) is 31.1 Å². The first-order valence-electron chi connectivity index (χ1n) is 5.98. The average Bonchev–Trinajstić information content (AvgIpc) is 2.53. The molecule has 0 radical (unpaired) electrons. The van der Waals surface area contributed by atoms with E-state index >= 15 is 0 Å². The van der Waals surface area contributed by atoms with E-state index in [0.29, 0.717) is 11.4 Å². The number of nitro benzene ring substituents is 1. The number of rotatable bonds is 4. The SMILES string of the molecule is CN(C(=O)c1cc(NN)ccn1)c1ccc([N+](=O)[O-])cc1. The molecule has 8 heteroatoms. The van der Waals surface area contributed by atoms with Gasteiger partial charge in [0.05, 0.1) is 10.6 Å². The van der Waals surface area contributed by atoms with Gasteiger partial charge in [-0.2, -0.15) is 0 Å². The maximum absolute atomic E-state index is 12.3. The van der Waals surface area contributed by atoms with Crippen LogP contribution in [0.15, 0.2) is 42.6 Å². The highest BCUT2D eigenvalue weighted by Gasteiger charge is 2.16. The fourth-order valence-corrected chi connectivity index (χ4v) is 1.72. The zero-order valence-corrected chi connectivity index (χ0v) is 11.2. The molecule has 1 aromatic carbocycles. The van der Waals surface area contributed by atoms with Crippen LogP contribution in [-0.2, 0) is 0 Å². The van der Waals surface area contributed by atoms with Crippen LogP contribution in [0.25, 0.3) is 0 Å². The van der Waals surface area contributed by atoms with Gasteiger partial charge in [-0.25, -0.2) is 0 Å². The second-order valence-electron chi connectivity index (χ2n) is 4.21. The largest absolute Gasteiger partial charge is 0.324 e. The number of nitrogens with one attached hydrogen (secondary N) is 1. The lowest BCUT2D eigenvalue weighted by atomic mass is 10.2. The van der Waals surface area contributed by atoms with Gasteiger partial charge in [0.1, 0.15) is 5.69 Å². The number of carbonyl (C=O) groups is 1. The molecule has 2 rings (SSSR count). The van der Waals surface area contributed by atoms with E-state index in [2.05, 4.69) is 10.4 Å². The van der Waals surface area contributed by atoms with Crippen LogP contribution in [-0.4, -0.2) is 22.9 Å². The summed E-state index contributed by atoms with van der Waals surface area (Å²) in [5.74, 6) is 4.94. The van der Waals surface area contributed by atoms with Crippen molar-refractivity contribution in [1.29, 1.82) is 0 Å². The molecule has 0 saturated heterocycles. The monoisotopic (exact) mass is 287 g/mol. The van der Waals surface area contributed by atoms with Crippen LogP contribution in [0.1, 0.15) is 10.5 Å². The van der Waals surface area contributed by atoms with Crippen LogP contribution >= 0.6 is 0 Å². The zero-order valence-electron chi connectivity index (χ0n) is 11.2. The van der Waals surface area contributed by atoms with Gasteiger partial charge in [-0.3, -0.25) is 25.7 Å². The molecule has 3 N–H and O–H groups in total. The van der Waals surface area contributed by atoms with Crippen molar-refractivity contribution in [3.8, 4) is 0 Å². The molecule has 21 heavy (non-hydrogen) atoms. The van der Waals surface area contributed by atoms with E-state index in [4.69, 9.17) is 5.84 Å². The molecule has 0 aliphatic carbocycles. The van der Waals surface area contributed by atoms with E-state index in [1.165, 1.54) is 41.4 Å². The Morgan fingerprint density at radius 2 is 2.00 bits per heavy atom. The van der Waals surface area contributed by atoms with Crippen molar-refractivity contribution in [2.75, 3.05) is 17.4 Å². The van der Waals surface area contributed by atoms with Gasteiger partial charge >= 0.3 is 0 Å². The number of carbonyl (C=O) groups excluding carboxylic acids is 1. The number of nitrogens with two attached hydrogens (primary N) is 1. The van der Waals surface area contributed by atoms with Gasteiger partial charge in [0.15, 0.2) is 0 Å². The van der Waals surface area contributed by atoms with E-state index in [0.717, 1.165) is 0 Å². The summed E-state index contributed by atoms with van der Waals surface area (Å²) in [5, 5.41) is 10.6. The van der Waals surface area contributed by atoms with Crippen molar-refractivity contribution in [3.63, 3.8) is 0 Å². The minimum Gasteiger partial charge on any atom is -0.324 e. The highest BCUT2D eigenvalue weighted by atomic mass is 16.6. The summed E-state index contributed by atoms with van der Waals surface area (Å²) in [4.78, 5) is 27.7. The Morgan fingerprint density at radius 3 is 2.57 bits per heavy atom. The van der Waals surface area contributed by atoms with Crippen LogP contribution in [0, 0.1) is 10.1 Å². The third kappa shape index (κ3) is 3.12. The number of amides is 1. The molecular weight excluding hydrogens is 274 g/mol. The standard InChI is InChI=1S/C13H13N5O3/c1-17(10-2-4-11(5-3-10)18(20)21)13(19)12-8-9(16-14)6-7-15-12/h2-8H,14H2,1H3,(H,15,16). The van der Waals surface area contributed by atoms with Gasteiger partial charge in [-0.05, 0) is 24.3 Å². The van der Waals surface area contributed by atoms with Crippen molar-refractivity contribution in [2.45, 2.75) is 0 Å². The summed E-state index contributed by atoms with van der Waals surface area (Å²) in [6.45, 7) is 0. The number of benzene rings is 1. The molecule has 1 heterocycles. The number of hydrogen-bond acceptors (Lipinski definition) is 6. The number of nitro groups is 1. The van der Waals surface area contributed by atoms with Crippen molar-refractivity contribution in [2.24, 2.45) is 5.84 Å². The number of nitrogen functional groups attached to an aromatic ring is 1. The fourth-order valence-electron chi connectivity index (χ4n) is 1.72. The number of pyridine rings is 1. The van der Waals surface area contributed by atoms with E-state index in [9.17, 15) is 14.9 Å². The van der Waals surface area contributed by atoms with Gasteiger partial charge in [-0.15, -0.1) is 0 Å². The fraction of sp³-hybridized carbons (Fsp3) is 0.0769. The Bertz CT molecular complexity index is 672. The summed E-state index contributed by atoms with van der Waals surface area (Å²) < 4.78 is 0. The second-order valence-corrected chi connectivity index (χ2v) is 4.21. The number of anilines is 2. The van der Waals surface area contributed by atoms with Gasteiger partial charge in [-0.1, -0.05) is 0 Å². The van der Waals surface area contributed by atoms with Crippen molar-refractivity contribution in [1.82, 2.24) is 4.98 Å². The third-order valence-electron chi connectivity index (χ3n) is 2.90. The molecule has 0 aliphatic rings. The normalized spacial score (nSPS) is 10.0. The van der Waals surface area contributed by atoms with Gasteiger partial charge < -0.3 is 10.3 Å². The number of hydrazine groups is 1. The van der Waals surface area contributed by atoms with Gasteiger partial charge in [0.25, 0.3) is 11.6 Å². The first-order valence-corrected chi connectivity index (χ1v) is 5.98. The first kappa shape index (κ1) is 14.4. The Hall–Kier alpha value is -3.00. The molecule has 108 valence electrons. The Balaban J connectivity index is 2.23. The summed E-state index contributed by atoms with van der Waals surface area (Å²) in [6, 6.07) is 8.82. The number of non-ortho nitro benzene ring substituents is 1. The first-order chi connectivity index (χ1) is 10.0. The average molecular weight is 287 g/mol. The van der Waals surface area contributed by atoms with E-state index in [1.807, 2.05) is 0 Å². The van der Waals surface area contributed by atoms with E-state index in [1.54, 1.807) is 13.1 Å². The summed E-state index contributed by atoms with van der Waals surface area (Å²) in [5.41, 5.74) is 3.70. The highest BCUT2D eigenvalue weighted by Crippen LogP contribution is 2.20. The molecule has 0 spiro atoms. The predicted molar refractivity (Wildman–Crippen MR) is 77.9 cm³/mol. The Labute approximate surface area is 120 Å². The number of hydrogen-bond donors (Lipinski definition) is 2. The minimum absolute atomic E-state index is 0.0351. The molecule has 0 atom stereocenters. The quantitative estimate of drug-likeness (QED) is 0.501. The molecule has 0 bridgehead atoms. The lowest BCUT2D eigenvalue weighted by Crippen LogP contribution is -2.27. The molecule has 0 saturated carbocycles. The molecule has 2 aromatic rings.